The molecule has 1 aliphatic carbocycles. The van der Waals surface area contributed by atoms with E-state index in [1.54, 1.807) is 18.4 Å². The number of aromatic nitrogens is 1. The maximum atomic E-state index is 6.05. The van der Waals surface area contributed by atoms with Crippen molar-refractivity contribution in [2.24, 2.45) is 5.73 Å². The van der Waals surface area contributed by atoms with Gasteiger partial charge in [0.15, 0.2) is 0 Å². The van der Waals surface area contributed by atoms with Gasteiger partial charge in [0, 0.05) is 18.0 Å². The van der Waals surface area contributed by atoms with Crippen molar-refractivity contribution in [2.45, 2.75) is 44.8 Å². The first-order valence-electron chi connectivity index (χ1n) is 5.54. The minimum atomic E-state index is 0.146. The Balaban J connectivity index is 2.28. The third-order valence-corrected chi connectivity index (χ3v) is 4.17. The van der Waals surface area contributed by atoms with Gasteiger partial charge in [-0.2, -0.15) is 0 Å². The van der Waals surface area contributed by atoms with E-state index in [1.165, 1.54) is 11.3 Å². The molecule has 2 N–H and O–H groups in total. The molecule has 1 aliphatic rings. The zero-order chi connectivity index (χ0) is 10.8. The average Bonchev–Trinajstić information content (AvgIpc) is 2.65. The summed E-state index contributed by atoms with van der Waals surface area (Å²) in [6, 6.07) is 0.146. The Morgan fingerprint density at radius 2 is 2.47 bits per heavy atom. The van der Waals surface area contributed by atoms with Crippen molar-refractivity contribution >= 4 is 11.3 Å². The summed E-state index contributed by atoms with van der Waals surface area (Å²) in [6.07, 6.45) is 4.52. The molecule has 0 spiro atoms. The first-order valence-corrected chi connectivity index (χ1v) is 6.35. The molecule has 2 atom stereocenters. The number of ether oxygens (including phenoxy) is 1. The summed E-state index contributed by atoms with van der Waals surface area (Å²) < 4.78 is 5.41. The van der Waals surface area contributed by atoms with E-state index in [-0.39, 0.29) is 12.1 Å². The maximum Gasteiger partial charge on any atom is 0.122 e. The van der Waals surface area contributed by atoms with Gasteiger partial charge in [-0.1, -0.05) is 6.92 Å². The Morgan fingerprint density at radius 1 is 1.67 bits per heavy atom. The van der Waals surface area contributed by atoms with Crippen molar-refractivity contribution in [1.82, 2.24) is 4.98 Å². The Hall–Kier alpha value is -0.450. The van der Waals surface area contributed by atoms with Crippen LogP contribution in [0.1, 0.15) is 53.9 Å². The van der Waals surface area contributed by atoms with Crippen LogP contribution in [-0.2, 0) is 11.2 Å². The van der Waals surface area contributed by atoms with Crippen molar-refractivity contribution in [1.29, 1.82) is 0 Å². The highest BCUT2D eigenvalue weighted by Crippen LogP contribution is 2.35. The van der Waals surface area contributed by atoms with Gasteiger partial charge in [-0.25, -0.2) is 4.98 Å². The molecule has 4 heteroatoms. The summed E-state index contributed by atoms with van der Waals surface area (Å²) in [6.45, 7) is 2.12. The number of nitrogens with two attached hydrogens (primary N) is 1. The molecular weight excluding hydrogens is 208 g/mol. The number of nitrogens with zero attached hydrogens (tertiary/aromatic N) is 1. The summed E-state index contributed by atoms with van der Waals surface area (Å²) in [5.74, 6) is 0. The Morgan fingerprint density at radius 3 is 3.07 bits per heavy atom. The monoisotopic (exact) mass is 226 g/mol. The predicted molar refractivity (Wildman–Crippen MR) is 62.0 cm³/mol. The molecule has 0 fully saturated rings. The fourth-order valence-corrected chi connectivity index (χ4v) is 3.39. The van der Waals surface area contributed by atoms with Crippen LogP contribution in [0.5, 0.6) is 0 Å². The van der Waals surface area contributed by atoms with E-state index in [0.29, 0.717) is 0 Å². The fourth-order valence-electron chi connectivity index (χ4n) is 2.05. The average molecular weight is 226 g/mol. The number of thiazole rings is 1. The zero-order valence-corrected chi connectivity index (χ0v) is 10.1. The van der Waals surface area contributed by atoms with E-state index >= 15 is 0 Å². The molecule has 0 saturated heterocycles. The van der Waals surface area contributed by atoms with E-state index in [1.807, 2.05) is 0 Å². The third kappa shape index (κ3) is 2.07. The van der Waals surface area contributed by atoms with Crippen LogP contribution in [0.15, 0.2) is 0 Å². The molecule has 2 rings (SSSR count). The lowest BCUT2D eigenvalue weighted by Crippen LogP contribution is -2.16. The van der Waals surface area contributed by atoms with Crippen LogP contribution in [0.4, 0.5) is 0 Å². The van der Waals surface area contributed by atoms with Gasteiger partial charge < -0.3 is 10.5 Å². The number of hydrogen-bond donors (Lipinski definition) is 1. The van der Waals surface area contributed by atoms with Gasteiger partial charge in [-0.05, 0) is 25.7 Å². The van der Waals surface area contributed by atoms with E-state index < -0.39 is 0 Å². The number of fused-ring (bicyclic) bond motifs is 1. The first-order chi connectivity index (χ1) is 7.26. The highest BCUT2D eigenvalue weighted by molar-refractivity contribution is 7.11. The molecule has 0 bridgehead atoms. The molecule has 2 unspecified atom stereocenters. The van der Waals surface area contributed by atoms with Crippen molar-refractivity contribution in [3.05, 3.63) is 15.6 Å². The second-order valence-electron chi connectivity index (χ2n) is 3.99. The smallest absolute Gasteiger partial charge is 0.122 e. The SMILES string of the molecule is CCC(OC)c1nc2c(s1)CCCC2N. The van der Waals surface area contributed by atoms with E-state index in [2.05, 4.69) is 11.9 Å². The lowest BCUT2D eigenvalue weighted by Gasteiger charge is -2.15. The van der Waals surface area contributed by atoms with Crippen LogP contribution in [0.25, 0.3) is 0 Å². The van der Waals surface area contributed by atoms with Crippen LogP contribution in [0.3, 0.4) is 0 Å². The lowest BCUT2D eigenvalue weighted by molar-refractivity contribution is 0.0996. The second kappa shape index (κ2) is 4.60. The summed E-state index contributed by atoms with van der Waals surface area (Å²) in [5.41, 5.74) is 7.17. The van der Waals surface area contributed by atoms with E-state index in [0.717, 1.165) is 30.0 Å². The molecular formula is C11H18N2OS. The molecule has 0 radical (unpaired) electrons. The first kappa shape index (κ1) is 11.0. The summed E-state index contributed by atoms with van der Waals surface area (Å²) in [7, 11) is 1.74. The Kier molecular flexibility index (Phi) is 3.38. The molecule has 1 heterocycles. The van der Waals surface area contributed by atoms with Gasteiger partial charge in [0.2, 0.25) is 0 Å². The van der Waals surface area contributed by atoms with E-state index in [4.69, 9.17) is 10.5 Å². The Labute approximate surface area is 94.7 Å². The molecule has 0 saturated carbocycles. The van der Waals surface area contributed by atoms with Gasteiger partial charge in [-0.15, -0.1) is 11.3 Å². The van der Waals surface area contributed by atoms with Crippen LogP contribution in [0, 0.1) is 0 Å². The van der Waals surface area contributed by atoms with Gasteiger partial charge in [-0.3, -0.25) is 0 Å². The number of rotatable bonds is 3. The standard InChI is InChI=1S/C11H18N2OS/c1-3-8(14-2)11-13-10-7(12)5-4-6-9(10)15-11/h7-8H,3-6,12H2,1-2H3. The van der Waals surface area contributed by atoms with Gasteiger partial charge in [0.1, 0.15) is 11.1 Å². The van der Waals surface area contributed by atoms with Crippen molar-refractivity contribution < 1.29 is 4.74 Å². The van der Waals surface area contributed by atoms with Crippen molar-refractivity contribution in [2.75, 3.05) is 7.11 Å². The third-order valence-electron chi connectivity index (χ3n) is 2.95. The molecule has 3 nitrogen and oxygen atoms in total. The van der Waals surface area contributed by atoms with E-state index in [9.17, 15) is 0 Å². The van der Waals surface area contributed by atoms with Crippen LogP contribution in [0.2, 0.25) is 0 Å². The normalized spacial score (nSPS) is 22.5. The lowest BCUT2D eigenvalue weighted by atomic mass is 9.99. The Bertz CT molecular complexity index is 333. The topological polar surface area (TPSA) is 48.1 Å². The van der Waals surface area contributed by atoms with Crippen molar-refractivity contribution in [3.8, 4) is 0 Å². The van der Waals surface area contributed by atoms with Crippen molar-refractivity contribution in [3.63, 3.8) is 0 Å². The van der Waals surface area contributed by atoms with Crippen LogP contribution in [-0.4, -0.2) is 12.1 Å². The molecule has 0 aromatic carbocycles. The van der Waals surface area contributed by atoms with Gasteiger partial charge in [0.05, 0.1) is 5.69 Å². The molecule has 1 aromatic heterocycles. The highest BCUT2D eigenvalue weighted by atomic mass is 32.1. The minimum absolute atomic E-state index is 0.146. The summed E-state index contributed by atoms with van der Waals surface area (Å²) in [4.78, 5) is 6.02. The number of hydrogen-bond acceptors (Lipinski definition) is 4. The molecule has 1 aromatic rings. The predicted octanol–water partition coefficient (Wildman–Crippen LogP) is 2.58. The highest BCUT2D eigenvalue weighted by Gasteiger charge is 2.24. The second-order valence-corrected chi connectivity index (χ2v) is 5.11. The van der Waals surface area contributed by atoms with Crippen LogP contribution < -0.4 is 5.73 Å². The van der Waals surface area contributed by atoms with Gasteiger partial charge >= 0.3 is 0 Å². The number of aryl methyl sites for hydroxylation is 1. The largest absolute Gasteiger partial charge is 0.374 e. The van der Waals surface area contributed by atoms with Gasteiger partial charge in [0.25, 0.3) is 0 Å². The van der Waals surface area contributed by atoms with Crippen LogP contribution >= 0.6 is 11.3 Å². The molecule has 84 valence electrons. The molecule has 0 aliphatic heterocycles. The minimum Gasteiger partial charge on any atom is -0.374 e. The fraction of sp³-hybridized carbons (Fsp3) is 0.727. The quantitative estimate of drug-likeness (QED) is 0.861. The summed E-state index contributed by atoms with van der Waals surface area (Å²) >= 11 is 1.78. The number of methoxy groups -OCH3 is 1. The zero-order valence-electron chi connectivity index (χ0n) is 9.32. The molecule has 0 amide bonds. The molecule has 15 heavy (non-hydrogen) atoms. The maximum absolute atomic E-state index is 6.05. The summed E-state index contributed by atoms with van der Waals surface area (Å²) in [5, 5.41) is 1.10.